The van der Waals surface area contributed by atoms with Gasteiger partial charge in [0.05, 0.1) is 22.2 Å². The summed E-state index contributed by atoms with van der Waals surface area (Å²) in [6.45, 7) is 0. The molecule has 1 unspecified atom stereocenters. The molecule has 0 radical (unpaired) electrons. The van der Waals surface area contributed by atoms with Crippen molar-refractivity contribution in [2.75, 3.05) is 0 Å². The predicted molar refractivity (Wildman–Crippen MR) is 254 cm³/mol. The highest BCUT2D eigenvalue weighted by molar-refractivity contribution is 6.28. The van der Waals surface area contributed by atoms with Gasteiger partial charge in [0.15, 0.2) is 5.84 Å². The predicted octanol–water partition coefficient (Wildman–Crippen LogP) is 13.5. The van der Waals surface area contributed by atoms with Gasteiger partial charge in [-0.3, -0.25) is 0 Å². The number of pyridine rings is 1. The number of aromatic nitrogens is 2. The quantitative estimate of drug-likeness (QED) is 0.171. The second-order valence-corrected chi connectivity index (χ2v) is 15.6. The molecule has 1 aliphatic rings. The molecule has 0 saturated heterocycles. The molecule has 61 heavy (non-hydrogen) atoms. The van der Waals surface area contributed by atoms with Crippen molar-refractivity contribution in [1.82, 2.24) is 14.9 Å². The van der Waals surface area contributed by atoms with Gasteiger partial charge in [0.1, 0.15) is 12.0 Å². The molecule has 5 heteroatoms. The zero-order chi connectivity index (χ0) is 40.3. The molecule has 11 aromatic rings. The Balaban J connectivity index is 1.09. The Morgan fingerprint density at radius 3 is 1.93 bits per heavy atom. The molecule has 5 nitrogen and oxygen atoms in total. The van der Waals surface area contributed by atoms with E-state index < -0.39 is 0 Å². The topological polar surface area (TPSA) is 54.6 Å². The van der Waals surface area contributed by atoms with Gasteiger partial charge in [-0.1, -0.05) is 188 Å². The van der Waals surface area contributed by atoms with Crippen LogP contribution in [0.2, 0.25) is 0 Å². The van der Waals surface area contributed by atoms with Gasteiger partial charge in [-0.25, -0.2) is 15.0 Å². The van der Waals surface area contributed by atoms with Gasteiger partial charge >= 0.3 is 0 Å². The minimum Gasteiger partial charge on any atom is -0.344 e. The van der Waals surface area contributed by atoms with Crippen LogP contribution in [-0.4, -0.2) is 21.2 Å². The molecule has 0 bridgehead atoms. The first-order valence-electron chi connectivity index (χ1n) is 20.7. The third kappa shape index (κ3) is 5.89. The third-order valence-electron chi connectivity index (χ3n) is 12.0. The summed E-state index contributed by atoms with van der Waals surface area (Å²) in [6.07, 6.45) is -0.268. The van der Waals surface area contributed by atoms with Crippen LogP contribution in [-0.2, 0) is 0 Å². The summed E-state index contributed by atoms with van der Waals surface area (Å²) < 4.78 is 2.44. The van der Waals surface area contributed by atoms with Crippen LogP contribution in [0.3, 0.4) is 0 Å². The monoisotopic (exact) mass is 779 g/mol. The average molecular weight is 780 g/mol. The minimum absolute atomic E-state index is 0.268. The molecule has 286 valence electrons. The second-order valence-electron chi connectivity index (χ2n) is 15.6. The highest BCUT2D eigenvalue weighted by atomic mass is 15.2. The lowest BCUT2D eigenvalue weighted by molar-refractivity contribution is 0.674. The number of rotatable bonds is 6. The molecular formula is C56H37N5. The first-order valence-corrected chi connectivity index (χ1v) is 20.7. The number of amidine groups is 2. The average Bonchev–Trinajstić information content (AvgIpc) is 3.68. The molecule has 12 rings (SSSR count). The Bertz CT molecular complexity index is 3530. The van der Waals surface area contributed by atoms with Gasteiger partial charge in [0.2, 0.25) is 0 Å². The highest BCUT2D eigenvalue weighted by Crippen LogP contribution is 2.44. The maximum atomic E-state index is 5.66. The van der Waals surface area contributed by atoms with E-state index in [1.807, 2.05) is 36.4 Å². The van der Waals surface area contributed by atoms with Gasteiger partial charge in [0.25, 0.3) is 0 Å². The van der Waals surface area contributed by atoms with Crippen LogP contribution in [0.5, 0.6) is 0 Å². The molecule has 1 aliphatic heterocycles. The highest BCUT2D eigenvalue weighted by Gasteiger charge is 2.23. The van der Waals surface area contributed by atoms with Crippen LogP contribution in [0.25, 0.3) is 82.3 Å². The van der Waals surface area contributed by atoms with E-state index in [0.717, 1.165) is 66.9 Å². The van der Waals surface area contributed by atoms with E-state index in [1.54, 1.807) is 0 Å². The number of nitrogens with one attached hydrogen (secondary N) is 1. The number of para-hydroxylation sites is 3. The van der Waals surface area contributed by atoms with E-state index in [-0.39, 0.29) is 6.17 Å². The summed E-state index contributed by atoms with van der Waals surface area (Å²) in [4.78, 5) is 15.9. The summed E-state index contributed by atoms with van der Waals surface area (Å²) in [5.74, 6) is 1.49. The number of aliphatic imine (C=N–C) groups is 2. The molecule has 2 aromatic heterocycles. The van der Waals surface area contributed by atoms with E-state index in [4.69, 9.17) is 15.0 Å². The number of hydrogen-bond acceptors (Lipinski definition) is 4. The first kappa shape index (κ1) is 34.9. The van der Waals surface area contributed by atoms with Crippen molar-refractivity contribution in [3.8, 4) is 28.1 Å². The molecule has 0 spiro atoms. The van der Waals surface area contributed by atoms with Crippen molar-refractivity contribution >= 4 is 65.9 Å². The van der Waals surface area contributed by atoms with Crippen molar-refractivity contribution in [1.29, 1.82) is 0 Å². The lowest BCUT2D eigenvalue weighted by Crippen LogP contribution is -2.33. The summed E-state index contributed by atoms with van der Waals surface area (Å²) in [6, 6.07) is 75.2. The molecule has 0 fully saturated rings. The Morgan fingerprint density at radius 1 is 0.459 bits per heavy atom. The third-order valence-corrected chi connectivity index (χ3v) is 12.0. The summed E-state index contributed by atoms with van der Waals surface area (Å²) in [7, 11) is 0. The lowest BCUT2D eigenvalue weighted by Gasteiger charge is -2.23. The standard InChI is InChI=1S/C56H37N5/c1-4-16-38(17-5-1)54-58-55(39-18-6-2-7-19-39)60-56(59-54)40-30-28-37(29-31-40)44-24-14-25-47-50-48(51(57-52(44)47)42-32-27-36-15-10-11-20-41(36)35-42)34-33-46-45-23-12-13-26-49(45)61(53(46)50)43-21-8-3-9-22-43/h1-35,54H,(H,58,59,60). The zero-order valence-corrected chi connectivity index (χ0v) is 33.1. The van der Waals surface area contributed by atoms with E-state index >= 15 is 0 Å². The Labute approximate surface area is 352 Å². The van der Waals surface area contributed by atoms with Crippen molar-refractivity contribution < 1.29 is 0 Å². The van der Waals surface area contributed by atoms with Crippen LogP contribution >= 0.6 is 0 Å². The number of benzene rings is 9. The first-order chi connectivity index (χ1) is 30.2. The van der Waals surface area contributed by atoms with E-state index in [1.165, 1.54) is 38.0 Å². The van der Waals surface area contributed by atoms with Crippen molar-refractivity contribution in [3.05, 3.63) is 229 Å². The minimum atomic E-state index is -0.268. The molecule has 3 heterocycles. The van der Waals surface area contributed by atoms with Crippen LogP contribution in [0, 0.1) is 0 Å². The Hall–Kier alpha value is -8.15. The van der Waals surface area contributed by atoms with Crippen LogP contribution in [0.1, 0.15) is 22.9 Å². The van der Waals surface area contributed by atoms with Crippen molar-refractivity contribution in [2.24, 2.45) is 9.98 Å². The van der Waals surface area contributed by atoms with E-state index in [0.29, 0.717) is 5.84 Å². The fourth-order valence-corrected chi connectivity index (χ4v) is 9.13. The second kappa shape index (κ2) is 14.3. The maximum absolute atomic E-state index is 5.66. The van der Waals surface area contributed by atoms with Gasteiger partial charge in [0, 0.05) is 54.9 Å². The van der Waals surface area contributed by atoms with Crippen LogP contribution < -0.4 is 5.32 Å². The normalized spacial score (nSPS) is 14.1. The zero-order valence-electron chi connectivity index (χ0n) is 33.1. The number of nitrogens with zero attached hydrogens (tertiary/aromatic N) is 4. The molecule has 1 N–H and O–H groups in total. The molecular weight excluding hydrogens is 743 g/mol. The van der Waals surface area contributed by atoms with Crippen molar-refractivity contribution in [2.45, 2.75) is 6.17 Å². The summed E-state index contributed by atoms with van der Waals surface area (Å²) in [5, 5.41) is 11.8. The molecule has 9 aromatic carbocycles. The Kier molecular flexibility index (Phi) is 8.17. The summed E-state index contributed by atoms with van der Waals surface area (Å²) >= 11 is 0. The maximum Gasteiger partial charge on any atom is 0.159 e. The van der Waals surface area contributed by atoms with Crippen molar-refractivity contribution in [3.63, 3.8) is 0 Å². The van der Waals surface area contributed by atoms with Crippen LogP contribution in [0.4, 0.5) is 0 Å². The molecule has 0 amide bonds. The summed E-state index contributed by atoms with van der Waals surface area (Å²) in [5.41, 5.74) is 11.7. The number of hydrogen-bond donors (Lipinski definition) is 1. The molecule has 0 saturated carbocycles. The van der Waals surface area contributed by atoms with Gasteiger partial charge < -0.3 is 9.88 Å². The van der Waals surface area contributed by atoms with Gasteiger partial charge in [-0.2, -0.15) is 0 Å². The van der Waals surface area contributed by atoms with E-state index in [9.17, 15) is 0 Å². The smallest absolute Gasteiger partial charge is 0.159 e. The van der Waals surface area contributed by atoms with Gasteiger partial charge in [-0.05, 0) is 46.2 Å². The lowest BCUT2D eigenvalue weighted by atomic mass is 9.93. The molecule has 0 aliphatic carbocycles. The largest absolute Gasteiger partial charge is 0.344 e. The van der Waals surface area contributed by atoms with Crippen LogP contribution in [0.15, 0.2) is 222 Å². The fraction of sp³-hybridized carbons (Fsp3) is 0.0179. The molecule has 1 atom stereocenters. The van der Waals surface area contributed by atoms with E-state index in [2.05, 4.69) is 186 Å². The van der Waals surface area contributed by atoms with Gasteiger partial charge in [-0.15, -0.1) is 0 Å². The number of fused-ring (bicyclic) bond motifs is 8. The fourth-order valence-electron chi connectivity index (χ4n) is 9.13. The SMILES string of the molecule is c1ccc(C2=NC(c3ccc(-c4cccc5c4nc(-c4ccc6ccccc6c4)c4ccc6c7ccccc7n(-c7ccccc7)c6c45)cc3)=NC(c3ccccc3)N2)cc1. The Morgan fingerprint density at radius 2 is 1.11 bits per heavy atom.